The molecular weight excluding hydrogens is 513 g/mol. The molecule has 0 aliphatic rings. The molecule has 1 N–H and O–H groups in total. The first-order chi connectivity index (χ1) is 17.9. The van der Waals surface area contributed by atoms with E-state index in [9.17, 15) is 9.59 Å². The third-order valence-electron chi connectivity index (χ3n) is 5.92. The van der Waals surface area contributed by atoms with Gasteiger partial charge in [0.05, 0.1) is 19.8 Å². The minimum absolute atomic E-state index is 0.245. The Labute approximate surface area is 224 Å². The number of benzene rings is 3. The number of nitrogens with one attached hydrogen (secondary N) is 1. The van der Waals surface area contributed by atoms with Crippen LogP contribution in [0.5, 0.6) is 11.5 Å². The SMILES string of the molecule is COc1ccc([C@H](Cc2c(Cl)c[nH+]cc2Cl)OC(=O)c2ccc(-c3ccc(C=O)cc3)cc2)cc1OC. The van der Waals surface area contributed by atoms with Crippen molar-refractivity contribution in [2.75, 3.05) is 14.2 Å². The Bertz CT molecular complexity index is 1380. The van der Waals surface area contributed by atoms with Gasteiger partial charge in [0.15, 0.2) is 23.9 Å². The summed E-state index contributed by atoms with van der Waals surface area (Å²) < 4.78 is 16.8. The van der Waals surface area contributed by atoms with Crippen molar-refractivity contribution in [1.29, 1.82) is 0 Å². The van der Waals surface area contributed by atoms with Crippen LogP contribution in [0, 0.1) is 0 Å². The Balaban J connectivity index is 1.62. The lowest BCUT2D eigenvalue weighted by molar-refractivity contribution is -0.377. The minimum Gasteiger partial charge on any atom is -0.493 e. The zero-order chi connectivity index (χ0) is 26.4. The quantitative estimate of drug-likeness (QED) is 0.181. The number of hydrogen-bond acceptors (Lipinski definition) is 5. The number of carbonyl (C=O) groups is 2. The molecule has 0 bridgehead atoms. The fourth-order valence-corrected chi connectivity index (χ4v) is 4.42. The summed E-state index contributed by atoms with van der Waals surface area (Å²) in [5.41, 5.74) is 4.16. The van der Waals surface area contributed by atoms with Crippen LogP contribution in [0.2, 0.25) is 10.0 Å². The topological polar surface area (TPSA) is 76.0 Å². The number of halogens is 2. The van der Waals surface area contributed by atoms with Crippen LogP contribution in [0.25, 0.3) is 11.1 Å². The van der Waals surface area contributed by atoms with Crippen molar-refractivity contribution in [3.8, 4) is 22.6 Å². The normalized spacial score (nSPS) is 11.5. The highest BCUT2D eigenvalue weighted by Crippen LogP contribution is 2.35. The van der Waals surface area contributed by atoms with Crippen LogP contribution in [0.4, 0.5) is 0 Å². The van der Waals surface area contributed by atoms with Gasteiger partial charge < -0.3 is 14.2 Å². The van der Waals surface area contributed by atoms with Gasteiger partial charge in [-0.25, -0.2) is 9.78 Å². The molecule has 0 radical (unpaired) electrons. The van der Waals surface area contributed by atoms with Crippen LogP contribution in [0.15, 0.2) is 79.1 Å². The van der Waals surface area contributed by atoms with E-state index in [1.165, 1.54) is 7.11 Å². The minimum atomic E-state index is -0.708. The maximum Gasteiger partial charge on any atom is 0.338 e. The van der Waals surface area contributed by atoms with Gasteiger partial charge in [-0.05, 0) is 41.0 Å². The Morgan fingerprint density at radius 1 is 0.865 bits per heavy atom. The van der Waals surface area contributed by atoms with E-state index in [4.69, 9.17) is 37.4 Å². The molecule has 1 atom stereocenters. The summed E-state index contributed by atoms with van der Waals surface area (Å²) in [6.07, 6.45) is 3.58. The lowest BCUT2D eigenvalue weighted by atomic mass is 10.0. The molecule has 4 aromatic rings. The molecule has 0 unspecified atom stereocenters. The number of aromatic nitrogens is 1. The molecule has 8 heteroatoms. The summed E-state index contributed by atoms with van der Waals surface area (Å²) >= 11 is 12.8. The van der Waals surface area contributed by atoms with E-state index in [-0.39, 0.29) is 6.42 Å². The third kappa shape index (κ3) is 6.10. The smallest absolute Gasteiger partial charge is 0.338 e. The molecule has 0 saturated heterocycles. The Morgan fingerprint density at radius 3 is 2.03 bits per heavy atom. The second kappa shape index (κ2) is 11.9. The number of pyridine rings is 1. The first kappa shape index (κ1) is 26.2. The molecular formula is C29H24Cl2NO5+. The fraction of sp³-hybridized carbons (Fsp3) is 0.138. The monoisotopic (exact) mass is 536 g/mol. The number of methoxy groups -OCH3 is 2. The van der Waals surface area contributed by atoms with Crippen LogP contribution >= 0.6 is 23.2 Å². The van der Waals surface area contributed by atoms with Crippen LogP contribution in [0.1, 0.15) is 37.9 Å². The predicted octanol–water partition coefficient (Wildman–Crippen LogP) is 6.45. The molecule has 0 saturated carbocycles. The van der Waals surface area contributed by atoms with E-state index < -0.39 is 12.1 Å². The molecule has 0 aliphatic heterocycles. The molecule has 0 aliphatic carbocycles. The summed E-state index contributed by atoms with van der Waals surface area (Å²) in [6.45, 7) is 0. The van der Waals surface area contributed by atoms with Crippen molar-refractivity contribution in [2.24, 2.45) is 0 Å². The van der Waals surface area contributed by atoms with Gasteiger partial charge in [0.2, 0.25) is 0 Å². The van der Waals surface area contributed by atoms with Crippen LogP contribution in [0.3, 0.4) is 0 Å². The lowest BCUT2D eigenvalue weighted by Gasteiger charge is -2.20. The molecule has 1 heterocycles. The van der Waals surface area contributed by atoms with E-state index in [2.05, 4.69) is 4.98 Å². The second-order valence-electron chi connectivity index (χ2n) is 8.16. The number of carbonyl (C=O) groups excluding carboxylic acids is 2. The number of hydrogen-bond donors (Lipinski definition) is 0. The summed E-state index contributed by atoms with van der Waals surface area (Å²) in [7, 11) is 3.09. The van der Waals surface area contributed by atoms with Crippen molar-refractivity contribution >= 4 is 35.5 Å². The highest BCUT2D eigenvalue weighted by Gasteiger charge is 2.24. The van der Waals surface area contributed by atoms with Gasteiger partial charge in [0.25, 0.3) is 0 Å². The Morgan fingerprint density at radius 2 is 1.46 bits per heavy atom. The highest BCUT2D eigenvalue weighted by atomic mass is 35.5. The molecule has 1 aromatic heterocycles. The van der Waals surface area contributed by atoms with Crippen molar-refractivity contribution in [1.82, 2.24) is 0 Å². The van der Waals surface area contributed by atoms with Gasteiger partial charge in [-0.2, -0.15) is 0 Å². The van der Waals surface area contributed by atoms with Gasteiger partial charge in [0.1, 0.15) is 22.4 Å². The zero-order valence-electron chi connectivity index (χ0n) is 20.2. The Kier molecular flexibility index (Phi) is 8.43. The number of aldehydes is 1. The average molecular weight is 537 g/mol. The molecule has 6 nitrogen and oxygen atoms in total. The van der Waals surface area contributed by atoms with Crippen molar-refractivity contribution in [3.05, 3.63) is 111 Å². The second-order valence-corrected chi connectivity index (χ2v) is 8.97. The number of rotatable bonds is 9. The summed E-state index contributed by atoms with van der Waals surface area (Å²) in [5.74, 6) is 0.556. The van der Waals surface area contributed by atoms with Gasteiger partial charge in [-0.15, -0.1) is 0 Å². The number of esters is 1. The third-order valence-corrected chi connectivity index (χ3v) is 6.59. The summed E-state index contributed by atoms with van der Waals surface area (Å²) in [4.78, 5) is 27.0. The first-order valence-electron chi connectivity index (χ1n) is 11.4. The van der Waals surface area contributed by atoms with Gasteiger partial charge in [-0.3, -0.25) is 4.79 Å². The van der Waals surface area contributed by atoms with Gasteiger partial charge in [0, 0.05) is 17.5 Å². The lowest BCUT2D eigenvalue weighted by Crippen LogP contribution is -2.15. The van der Waals surface area contributed by atoms with Crippen LogP contribution in [-0.4, -0.2) is 26.5 Å². The number of ether oxygens (including phenoxy) is 3. The molecule has 0 amide bonds. The molecule has 4 rings (SSSR count). The van der Waals surface area contributed by atoms with E-state index >= 15 is 0 Å². The number of aromatic amines is 1. The molecule has 3 aromatic carbocycles. The fourth-order valence-electron chi connectivity index (χ4n) is 3.89. The van der Waals surface area contributed by atoms with Gasteiger partial charge >= 0.3 is 5.97 Å². The highest BCUT2D eigenvalue weighted by molar-refractivity contribution is 6.35. The number of H-pyrrole nitrogens is 1. The van der Waals surface area contributed by atoms with E-state index in [1.807, 2.05) is 30.3 Å². The molecule has 37 heavy (non-hydrogen) atoms. The maximum atomic E-state index is 13.2. The van der Waals surface area contributed by atoms with Crippen molar-refractivity contribution < 1.29 is 28.8 Å². The standard InChI is InChI=1S/C29H23Cl2NO5/c1-35-26-12-11-22(13-28(26)36-2)27(14-23-24(30)15-32-16-25(23)31)37-29(34)21-9-7-20(8-10-21)19-5-3-18(17-33)4-6-19/h3-13,15-17,27H,14H2,1-2H3/p+1/t27-/m0/s1. The van der Waals surface area contributed by atoms with Crippen molar-refractivity contribution in [3.63, 3.8) is 0 Å². The molecule has 0 fully saturated rings. The summed E-state index contributed by atoms with van der Waals surface area (Å²) in [5, 5.41) is 0.859. The average Bonchev–Trinajstić information content (AvgIpc) is 2.94. The van der Waals surface area contributed by atoms with Crippen LogP contribution < -0.4 is 14.5 Å². The maximum absolute atomic E-state index is 13.2. The van der Waals surface area contributed by atoms with Gasteiger partial charge in [-0.1, -0.05) is 65.7 Å². The predicted molar refractivity (Wildman–Crippen MR) is 142 cm³/mol. The van der Waals surface area contributed by atoms with Crippen LogP contribution in [-0.2, 0) is 11.2 Å². The van der Waals surface area contributed by atoms with E-state index in [0.29, 0.717) is 43.8 Å². The zero-order valence-corrected chi connectivity index (χ0v) is 21.7. The van der Waals surface area contributed by atoms with Crippen molar-refractivity contribution in [2.45, 2.75) is 12.5 Å². The molecule has 188 valence electrons. The molecule has 0 spiro atoms. The Hall–Kier alpha value is -3.87. The van der Waals surface area contributed by atoms with E-state index in [1.54, 1.807) is 55.9 Å². The van der Waals surface area contributed by atoms with E-state index in [0.717, 1.165) is 17.4 Å². The summed E-state index contributed by atoms with van der Waals surface area (Å²) in [6, 6.07) is 19.6. The largest absolute Gasteiger partial charge is 0.493 e. The first-order valence-corrected chi connectivity index (χ1v) is 12.1.